The van der Waals surface area contributed by atoms with Gasteiger partial charge in [0.15, 0.2) is 0 Å². The van der Waals surface area contributed by atoms with Gasteiger partial charge < -0.3 is 16.4 Å². The lowest BCUT2D eigenvalue weighted by atomic mass is 10.0. The molecule has 0 spiro atoms. The molecule has 0 saturated heterocycles. The standard InChI is InChI=1S/C20H21BrFN3O3/c1-12(26)24-18(11-14-5-3-7-16(22)9-14)20(28)25-17(19(23)27)10-13-4-2-6-15(21)8-13/h2-9,17-18H,10-11H2,1H3,(H2,23,27)(H,24,26)(H,25,28)/t17-,18-/m1/s1. The summed E-state index contributed by atoms with van der Waals surface area (Å²) in [5.74, 6) is -2.12. The van der Waals surface area contributed by atoms with E-state index in [1.807, 2.05) is 24.3 Å². The molecule has 4 N–H and O–H groups in total. The molecule has 0 saturated carbocycles. The molecule has 8 heteroatoms. The minimum Gasteiger partial charge on any atom is -0.368 e. The monoisotopic (exact) mass is 449 g/mol. The van der Waals surface area contributed by atoms with Crippen LogP contribution in [0.4, 0.5) is 4.39 Å². The van der Waals surface area contributed by atoms with E-state index in [0.717, 1.165) is 10.0 Å². The van der Waals surface area contributed by atoms with Crippen molar-refractivity contribution < 1.29 is 18.8 Å². The maximum atomic E-state index is 13.4. The van der Waals surface area contributed by atoms with Gasteiger partial charge in [-0.25, -0.2) is 4.39 Å². The Bertz CT molecular complexity index is 875. The van der Waals surface area contributed by atoms with E-state index in [4.69, 9.17) is 5.73 Å². The van der Waals surface area contributed by atoms with Crippen molar-refractivity contribution >= 4 is 33.7 Å². The van der Waals surface area contributed by atoms with Crippen LogP contribution in [0.25, 0.3) is 0 Å². The van der Waals surface area contributed by atoms with E-state index in [-0.39, 0.29) is 12.8 Å². The summed E-state index contributed by atoms with van der Waals surface area (Å²) in [6.07, 6.45) is 0.277. The third-order valence-corrected chi connectivity index (χ3v) is 4.50. The van der Waals surface area contributed by atoms with Crippen LogP contribution in [0.2, 0.25) is 0 Å². The summed E-state index contributed by atoms with van der Waals surface area (Å²) < 4.78 is 14.3. The first kappa shape index (κ1) is 21.6. The third-order valence-electron chi connectivity index (χ3n) is 4.01. The van der Waals surface area contributed by atoms with Gasteiger partial charge in [-0.2, -0.15) is 0 Å². The first-order valence-electron chi connectivity index (χ1n) is 8.60. The van der Waals surface area contributed by atoms with Gasteiger partial charge in [-0.3, -0.25) is 14.4 Å². The van der Waals surface area contributed by atoms with Crippen molar-refractivity contribution in [2.45, 2.75) is 31.8 Å². The Balaban J connectivity index is 2.14. The zero-order valence-electron chi connectivity index (χ0n) is 15.2. The Hall–Kier alpha value is -2.74. The van der Waals surface area contributed by atoms with Gasteiger partial charge in [-0.1, -0.05) is 40.2 Å². The van der Waals surface area contributed by atoms with Crippen LogP contribution in [-0.4, -0.2) is 29.8 Å². The van der Waals surface area contributed by atoms with Gasteiger partial charge in [-0.05, 0) is 35.4 Å². The molecular weight excluding hydrogens is 429 g/mol. The predicted molar refractivity (Wildman–Crippen MR) is 107 cm³/mol. The van der Waals surface area contributed by atoms with E-state index in [9.17, 15) is 18.8 Å². The second-order valence-electron chi connectivity index (χ2n) is 6.38. The number of primary amides is 1. The normalized spacial score (nSPS) is 12.7. The number of benzene rings is 2. The van der Waals surface area contributed by atoms with Crippen LogP contribution in [0.3, 0.4) is 0 Å². The lowest BCUT2D eigenvalue weighted by Gasteiger charge is -2.22. The Kier molecular flexibility index (Phi) is 7.69. The third kappa shape index (κ3) is 6.77. The molecule has 0 unspecified atom stereocenters. The molecule has 148 valence electrons. The van der Waals surface area contributed by atoms with Crippen LogP contribution < -0.4 is 16.4 Å². The van der Waals surface area contributed by atoms with Crippen molar-refractivity contribution in [2.24, 2.45) is 5.73 Å². The molecule has 2 rings (SSSR count). The molecule has 6 nitrogen and oxygen atoms in total. The van der Waals surface area contributed by atoms with Crippen molar-refractivity contribution in [1.29, 1.82) is 0 Å². The summed E-state index contributed by atoms with van der Waals surface area (Å²) in [5.41, 5.74) is 6.79. The SMILES string of the molecule is CC(=O)N[C@H](Cc1cccc(F)c1)C(=O)N[C@H](Cc1cccc(Br)c1)C(N)=O. The average Bonchev–Trinajstić information content (AvgIpc) is 2.60. The van der Waals surface area contributed by atoms with Gasteiger partial charge in [0.2, 0.25) is 17.7 Å². The van der Waals surface area contributed by atoms with Gasteiger partial charge in [-0.15, -0.1) is 0 Å². The molecule has 0 fully saturated rings. The molecule has 2 aromatic carbocycles. The minimum atomic E-state index is -0.969. The highest BCUT2D eigenvalue weighted by atomic mass is 79.9. The zero-order chi connectivity index (χ0) is 20.7. The number of carbonyl (C=O) groups is 3. The van der Waals surface area contributed by atoms with Crippen molar-refractivity contribution in [1.82, 2.24) is 10.6 Å². The maximum absolute atomic E-state index is 13.4. The van der Waals surface area contributed by atoms with E-state index in [2.05, 4.69) is 26.6 Å². The lowest BCUT2D eigenvalue weighted by molar-refractivity contribution is -0.130. The molecule has 2 atom stereocenters. The zero-order valence-corrected chi connectivity index (χ0v) is 16.8. The molecule has 0 aliphatic heterocycles. The van der Waals surface area contributed by atoms with Crippen LogP contribution in [0, 0.1) is 5.82 Å². The van der Waals surface area contributed by atoms with Crippen LogP contribution in [-0.2, 0) is 27.2 Å². The number of carbonyl (C=O) groups excluding carboxylic acids is 3. The number of nitrogens with one attached hydrogen (secondary N) is 2. The summed E-state index contributed by atoms with van der Waals surface area (Å²) in [6, 6.07) is 11.1. The van der Waals surface area contributed by atoms with Crippen molar-refractivity contribution in [3.63, 3.8) is 0 Å². The Morgan fingerprint density at radius 3 is 2.18 bits per heavy atom. The van der Waals surface area contributed by atoms with Crippen molar-refractivity contribution in [2.75, 3.05) is 0 Å². The second kappa shape index (κ2) is 9.98. The topological polar surface area (TPSA) is 101 Å². The predicted octanol–water partition coefficient (Wildman–Crippen LogP) is 1.85. The largest absolute Gasteiger partial charge is 0.368 e. The lowest BCUT2D eigenvalue weighted by Crippen LogP contribution is -2.54. The van der Waals surface area contributed by atoms with Gasteiger partial charge in [0.05, 0.1) is 0 Å². The Morgan fingerprint density at radius 2 is 1.61 bits per heavy atom. The summed E-state index contributed by atoms with van der Waals surface area (Å²) >= 11 is 3.35. The molecule has 3 amide bonds. The summed E-state index contributed by atoms with van der Waals surface area (Å²) in [4.78, 5) is 36.0. The molecule has 0 radical (unpaired) electrons. The highest BCUT2D eigenvalue weighted by Crippen LogP contribution is 2.13. The molecule has 0 heterocycles. The van der Waals surface area contributed by atoms with E-state index in [1.54, 1.807) is 6.07 Å². The smallest absolute Gasteiger partial charge is 0.243 e. The molecular formula is C20H21BrFN3O3. The fourth-order valence-electron chi connectivity index (χ4n) is 2.75. The second-order valence-corrected chi connectivity index (χ2v) is 7.30. The number of nitrogens with two attached hydrogens (primary N) is 1. The molecule has 0 aromatic heterocycles. The highest BCUT2D eigenvalue weighted by molar-refractivity contribution is 9.10. The quantitative estimate of drug-likeness (QED) is 0.572. The number of rotatable bonds is 8. The van der Waals surface area contributed by atoms with Gasteiger partial charge in [0.1, 0.15) is 17.9 Å². The molecule has 0 aliphatic rings. The van der Waals surface area contributed by atoms with Crippen LogP contribution in [0.5, 0.6) is 0 Å². The van der Waals surface area contributed by atoms with E-state index >= 15 is 0 Å². The van der Waals surface area contributed by atoms with Crippen LogP contribution in [0.1, 0.15) is 18.1 Å². The van der Waals surface area contributed by atoms with Crippen molar-refractivity contribution in [3.05, 3.63) is 69.9 Å². The van der Waals surface area contributed by atoms with Crippen LogP contribution in [0.15, 0.2) is 53.0 Å². The maximum Gasteiger partial charge on any atom is 0.243 e. The average molecular weight is 450 g/mol. The number of amides is 3. The number of hydrogen-bond donors (Lipinski definition) is 3. The van der Waals surface area contributed by atoms with Gasteiger partial charge in [0.25, 0.3) is 0 Å². The molecule has 0 aliphatic carbocycles. The fraction of sp³-hybridized carbons (Fsp3) is 0.250. The van der Waals surface area contributed by atoms with Crippen LogP contribution >= 0.6 is 15.9 Å². The van der Waals surface area contributed by atoms with Gasteiger partial charge in [0, 0.05) is 24.2 Å². The number of halogens is 2. The van der Waals surface area contributed by atoms with E-state index in [1.165, 1.54) is 25.1 Å². The fourth-order valence-corrected chi connectivity index (χ4v) is 3.20. The summed E-state index contributed by atoms with van der Waals surface area (Å²) in [5, 5.41) is 5.12. The van der Waals surface area contributed by atoms with E-state index in [0.29, 0.717) is 5.56 Å². The Labute approximate surface area is 170 Å². The van der Waals surface area contributed by atoms with E-state index < -0.39 is 35.6 Å². The molecule has 2 aromatic rings. The Morgan fingerprint density at radius 1 is 1.00 bits per heavy atom. The summed E-state index contributed by atoms with van der Waals surface area (Å²) in [7, 11) is 0. The first-order valence-corrected chi connectivity index (χ1v) is 9.39. The molecule has 28 heavy (non-hydrogen) atoms. The number of hydrogen-bond acceptors (Lipinski definition) is 3. The summed E-state index contributed by atoms with van der Waals surface area (Å²) in [6.45, 7) is 1.28. The first-order chi connectivity index (χ1) is 13.2. The van der Waals surface area contributed by atoms with Crippen molar-refractivity contribution in [3.8, 4) is 0 Å². The highest BCUT2D eigenvalue weighted by Gasteiger charge is 2.25. The minimum absolute atomic E-state index is 0.0749. The van der Waals surface area contributed by atoms with Gasteiger partial charge >= 0.3 is 0 Å². The molecule has 0 bridgehead atoms.